The highest BCUT2D eigenvalue weighted by molar-refractivity contribution is 7.99. The molecule has 0 spiro atoms. The highest BCUT2D eigenvalue weighted by atomic mass is 32.2. The number of nitrogens with zero attached hydrogens (tertiary/aromatic N) is 2. The highest BCUT2D eigenvalue weighted by Gasteiger charge is 2.16. The molecule has 0 heterocycles. The maximum absolute atomic E-state index is 13.8. The van der Waals surface area contributed by atoms with E-state index in [1.807, 2.05) is 24.9 Å². The van der Waals surface area contributed by atoms with Crippen molar-refractivity contribution in [2.75, 3.05) is 33.5 Å². The molecule has 0 aliphatic rings. The van der Waals surface area contributed by atoms with Crippen LogP contribution in [0.3, 0.4) is 0 Å². The second kappa shape index (κ2) is 9.01. The van der Waals surface area contributed by atoms with Gasteiger partial charge in [-0.2, -0.15) is 11.8 Å². The number of aliphatic imine (C=N–C) groups is 1. The first-order chi connectivity index (χ1) is 10.8. The Kier molecular flexibility index (Phi) is 7.68. The van der Waals surface area contributed by atoms with Crippen LogP contribution in [-0.4, -0.2) is 49.1 Å². The van der Waals surface area contributed by atoms with Crippen LogP contribution >= 0.6 is 11.8 Å². The number of guanidine groups is 1. The second-order valence-electron chi connectivity index (χ2n) is 5.96. The molecule has 1 N–H and O–H groups in total. The Morgan fingerprint density at radius 2 is 2.13 bits per heavy atom. The van der Waals surface area contributed by atoms with Crippen LogP contribution in [0.2, 0.25) is 0 Å². The lowest BCUT2D eigenvalue weighted by Gasteiger charge is -2.25. The standard InChI is InChI=1S/C17H28FN3OS/c1-7-19-16(20-12-17(2,3)23-6)21(4)11-13-8-9-15(22-5)14(18)10-13/h8-10H,7,11-12H2,1-6H3,(H,19,20). The van der Waals surface area contributed by atoms with Crippen molar-refractivity contribution in [3.8, 4) is 5.75 Å². The van der Waals surface area contributed by atoms with E-state index >= 15 is 0 Å². The number of benzene rings is 1. The summed E-state index contributed by atoms with van der Waals surface area (Å²) < 4.78 is 18.9. The Bertz CT molecular complexity index is 535. The molecule has 0 amide bonds. The van der Waals surface area contributed by atoms with Crippen LogP contribution in [-0.2, 0) is 6.54 Å². The first-order valence-electron chi connectivity index (χ1n) is 7.70. The minimum absolute atomic E-state index is 0.0910. The third-order valence-electron chi connectivity index (χ3n) is 3.49. The summed E-state index contributed by atoms with van der Waals surface area (Å²) in [7, 11) is 3.42. The van der Waals surface area contributed by atoms with Crippen LogP contribution in [0, 0.1) is 5.82 Å². The van der Waals surface area contributed by atoms with Gasteiger partial charge in [0.25, 0.3) is 0 Å². The van der Waals surface area contributed by atoms with Crippen LogP contribution < -0.4 is 10.1 Å². The lowest BCUT2D eigenvalue weighted by atomic mass is 10.2. The number of hydrogen-bond donors (Lipinski definition) is 1. The monoisotopic (exact) mass is 341 g/mol. The molecular weight excluding hydrogens is 313 g/mol. The molecule has 4 nitrogen and oxygen atoms in total. The fourth-order valence-electron chi connectivity index (χ4n) is 1.96. The van der Waals surface area contributed by atoms with E-state index in [4.69, 9.17) is 9.73 Å². The smallest absolute Gasteiger partial charge is 0.194 e. The lowest BCUT2D eigenvalue weighted by molar-refractivity contribution is 0.385. The summed E-state index contributed by atoms with van der Waals surface area (Å²) in [6.45, 7) is 8.47. The zero-order chi connectivity index (χ0) is 17.5. The number of methoxy groups -OCH3 is 1. The number of thioether (sulfide) groups is 1. The molecule has 0 atom stereocenters. The zero-order valence-electron chi connectivity index (χ0n) is 14.9. The van der Waals surface area contributed by atoms with Crippen LogP contribution in [0.25, 0.3) is 0 Å². The summed E-state index contributed by atoms with van der Waals surface area (Å²) in [5.41, 5.74) is 0.875. The maximum atomic E-state index is 13.8. The summed E-state index contributed by atoms with van der Waals surface area (Å²) in [4.78, 5) is 6.70. The molecule has 130 valence electrons. The molecule has 1 rings (SSSR count). The first kappa shape index (κ1) is 19.6. The van der Waals surface area contributed by atoms with Crippen LogP contribution in [0.15, 0.2) is 23.2 Å². The molecule has 0 bridgehead atoms. The predicted molar refractivity (Wildman–Crippen MR) is 98.0 cm³/mol. The van der Waals surface area contributed by atoms with Crippen molar-refractivity contribution >= 4 is 17.7 Å². The van der Waals surface area contributed by atoms with Gasteiger partial charge in [-0.3, -0.25) is 4.99 Å². The van der Waals surface area contributed by atoms with Crippen molar-refractivity contribution < 1.29 is 9.13 Å². The molecule has 6 heteroatoms. The van der Waals surface area contributed by atoms with Crippen LogP contribution in [0.1, 0.15) is 26.3 Å². The molecule has 0 saturated heterocycles. The van der Waals surface area contributed by atoms with Gasteiger partial charge in [-0.1, -0.05) is 6.07 Å². The molecule has 0 aliphatic heterocycles. The molecule has 1 aromatic rings. The van der Waals surface area contributed by atoms with Crippen molar-refractivity contribution in [2.45, 2.75) is 32.1 Å². The topological polar surface area (TPSA) is 36.9 Å². The Morgan fingerprint density at radius 1 is 1.43 bits per heavy atom. The van der Waals surface area contributed by atoms with Gasteiger partial charge in [0.05, 0.1) is 13.7 Å². The second-order valence-corrected chi connectivity index (χ2v) is 7.47. The zero-order valence-corrected chi connectivity index (χ0v) is 15.8. The van der Waals surface area contributed by atoms with E-state index in [0.717, 1.165) is 24.6 Å². The van der Waals surface area contributed by atoms with Gasteiger partial charge < -0.3 is 15.0 Å². The van der Waals surface area contributed by atoms with Gasteiger partial charge in [-0.05, 0) is 44.7 Å². The van der Waals surface area contributed by atoms with Crippen molar-refractivity contribution in [3.05, 3.63) is 29.6 Å². The van der Waals surface area contributed by atoms with Crippen LogP contribution in [0.4, 0.5) is 4.39 Å². The van der Waals surface area contributed by atoms with Gasteiger partial charge in [0.15, 0.2) is 17.5 Å². The normalized spacial score (nSPS) is 12.2. The number of ether oxygens (including phenoxy) is 1. The Labute approximate surface area is 143 Å². The average molecular weight is 341 g/mol. The third-order valence-corrected chi connectivity index (χ3v) is 4.73. The summed E-state index contributed by atoms with van der Waals surface area (Å²) in [6.07, 6.45) is 2.09. The summed E-state index contributed by atoms with van der Waals surface area (Å²) in [6, 6.07) is 5.03. The summed E-state index contributed by atoms with van der Waals surface area (Å²) in [5.74, 6) is 0.744. The SMILES string of the molecule is CCNC(=NCC(C)(C)SC)N(C)Cc1ccc(OC)c(F)c1. The van der Waals surface area contributed by atoms with Gasteiger partial charge in [-0.25, -0.2) is 4.39 Å². The minimum atomic E-state index is -0.344. The Hall–Kier alpha value is -1.43. The van der Waals surface area contributed by atoms with Gasteiger partial charge in [-0.15, -0.1) is 0 Å². The summed E-state index contributed by atoms with van der Waals surface area (Å²) >= 11 is 1.79. The van der Waals surface area contributed by atoms with Gasteiger partial charge in [0, 0.05) is 24.9 Å². The van der Waals surface area contributed by atoms with Crippen LogP contribution in [0.5, 0.6) is 5.75 Å². The van der Waals surface area contributed by atoms with Crippen molar-refractivity contribution in [3.63, 3.8) is 0 Å². The number of rotatable bonds is 7. The Balaban J connectivity index is 2.83. The number of hydrogen-bond acceptors (Lipinski definition) is 3. The van der Waals surface area contributed by atoms with Gasteiger partial charge in [0.2, 0.25) is 0 Å². The number of nitrogens with one attached hydrogen (secondary N) is 1. The lowest BCUT2D eigenvalue weighted by Crippen LogP contribution is -2.39. The molecule has 0 fully saturated rings. The van der Waals surface area contributed by atoms with Crippen molar-refractivity contribution in [2.24, 2.45) is 4.99 Å². The van der Waals surface area contributed by atoms with E-state index in [1.54, 1.807) is 17.8 Å². The average Bonchev–Trinajstić information content (AvgIpc) is 2.51. The molecule has 1 aromatic carbocycles. The summed E-state index contributed by atoms with van der Waals surface area (Å²) in [5, 5.41) is 3.28. The van der Waals surface area contributed by atoms with E-state index in [0.29, 0.717) is 6.54 Å². The van der Waals surface area contributed by atoms with Crippen molar-refractivity contribution in [1.82, 2.24) is 10.2 Å². The fraction of sp³-hybridized carbons (Fsp3) is 0.588. The highest BCUT2D eigenvalue weighted by Crippen LogP contribution is 2.21. The van der Waals surface area contributed by atoms with E-state index in [1.165, 1.54) is 13.2 Å². The largest absolute Gasteiger partial charge is 0.494 e. The fourth-order valence-corrected chi connectivity index (χ4v) is 2.15. The van der Waals surface area contributed by atoms with Gasteiger partial charge in [0.1, 0.15) is 0 Å². The predicted octanol–water partition coefficient (Wildman–Crippen LogP) is 3.37. The molecule has 0 aliphatic carbocycles. The molecule has 23 heavy (non-hydrogen) atoms. The molecule has 0 saturated carbocycles. The van der Waals surface area contributed by atoms with Gasteiger partial charge >= 0.3 is 0 Å². The quantitative estimate of drug-likeness (QED) is 0.609. The molecule has 0 unspecified atom stereocenters. The molecule has 0 radical (unpaired) electrons. The maximum Gasteiger partial charge on any atom is 0.194 e. The third kappa shape index (κ3) is 6.29. The van der Waals surface area contributed by atoms with E-state index < -0.39 is 0 Å². The van der Waals surface area contributed by atoms with Crippen molar-refractivity contribution in [1.29, 1.82) is 0 Å². The Morgan fingerprint density at radius 3 is 2.65 bits per heavy atom. The van der Waals surface area contributed by atoms with E-state index in [2.05, 4.69) is 25.4 Å². The molecular formula is C17H28FN3OS. The van der Waals surface area contributed by atoms with E-state index in [-0.39, 0.29) is 16.3 Å². The minimum Gasteiger partial charge on any atom is -0.494 e. The first-order valence-corrected chi connectivity index (χ1v) is 8.92. The number of halogens is 1. The van der Waals surface area contributed by atoms with E-state index in [9.17, 15) is 4.39 Å². The molecule has 0 aromatic heterocycles.